The Bertz CT molecular complexity index is 972. The fraction of sp³-hybridized carbons (Fsp3) is 0.350. The normalized spacial score (nSPS) is 15.5. The van der Waals surface area contributed by atoms with E-state index in [1.165, 1.54) is 16.4 Å². The van der Waals surface area contributed by atoms with E-state index in [1.54, 1.807) is 30.6 Å². The molecule has 2 aromatic rings. The number of urea groups is 1. The summed E-state index contributed by atoms with van der Waals surface area (Å²) in [5.41, 5.74) is 6.58. The molecule has 0 spiro atoms. The third-order valence-corrected chi connectivity index (χ3v) is 6.90. The molecule has 0 aliphatic carbocycles. The first-order chi connectivity index (χ1) is 14.3. The quantitative estimate of drug-likeness (QED) is 0.613. The fourth-order valence-corrected chi connectivity index (χ4v) is 4.83. The molecule has 0 atom stereocenters. The second kappa shape index (κ2) is 9.68. The molecule has 0 unspecified atom stereocenters. The molecule has 3 amide bonds. The molecule has 1 fully saturated rings. The van der Waals surface area contributed by atoms with Crippen molar-refractivity contribution in [2.45, 2.75) is 30.7 Å². The first-order valence-corrected chi connectivity index (χ1v) is 11.1. The number of carbonyl (C=O) groups excluding carboxylic acids is 2. The first kappa shape index (κ1) is 21.7. The van der Waals surface area contributed by atoms with E-state index < -0.39 is 16.1 Å². The van der Waals surface area contributed by atoms with Gasteiger partial charge in [-0.25, -0.2) is 13.2 Å². The highest BCUT2D eigenvalue weighted by molar-refractivity contribution is 7.89. The highest BCUT2D eigenvalue weighted by Crippen LogP contribution is 2.26. The van der Waals surface area contributed by atoms with Crippen LogP contribution in [-0.2, 0) is 21.4 Å². The topological polar surface area (TPSA) is 134 Å². The van der Waals surface area contributed by atoms with Gasteiger partial charge in [-0.15, -0.1) is 0 Å². The van der Waals surface area contributed by atoms with Crippen molar-refractivity contribution in [3.63, 3.8) is 0 Å². The number of nitrogens with one attached hydrogen (secondary N) is 2. The summed E-state index contributed by atoms with van der Waals surface area (Å²) in [5.74, 6) is -0.227. The molecule has 1 aliphatic heterocycles. The molecule has 0 radical (unpaired) electrons. The number of carbonyl (C=O) groups is 2. The standard InChI is InChI=1S/C20H25N5O4S/c21-19(26)12-15-7-10-25(11-8-15)30(28,29)18-5-3-17(4-6-18)24-20(27)23-14-16-2-1-9-22-13-16/h1-6,9,13,15H,7-8,10-12,14H2,(H2,21,26)(H2,23,24,27). The second-order valence-corrected chi connectivity index (χ2v) is 9.15. The number of nitrogens with two attached hydrogens (primary N) is 1. The molecule has 9 nitrogen and oxygen atoms in total. The SMILES string of the molecule is NC(=O)CC1CCN(S(=O)(=O)c2ccc(NC(=O)NCc3cccnc3)cc2)CC1. The van der Waals surface area contributed by atoms with Crippen molar-refractivity contribution >= 4 is 27.6 Å². The van der Waals surface area contributed by atoms with Gasteiger partial charge in [0.1, 0.15) is 0 Å². The molecular weight excluding hydrogens is 406 g/mol. The lowest BCUT2D eigenvalue weighted by Crippen LogP contribution is -2.39. The van der Waals surface area contributed by atoms with Crippen LogP contribution in [0.25, 0.3) is 0 Å². The van der Waals surface area contributed by atoms with E-state index in [2.05, 4.69) is 15.6 Å². The molecule has 160 valence electrons. The van der Waals surface area contributed by atoms with E-state index in [0.717, 1.165) is 5.56 Å². The van der Waals surface area contributed by atoms with Crippen LogP contribution in [0, 0.1) is 5.92 Å². The zero-order valence-electron chi connectivity index (χ0n) is 16.5. The Balaban J connectivity index is 1.54. The van der Waals surface area contributed by atoms with Gasteiger partial charge in [0.25, 0.3) is 0 Å². The smallest absolute Gasteiger partial charge is 0.319 e. The van der Waals surface area contributed by atoms with Crippen molar-refractivity contribution < 1.29 is 18.0 Å². The van der Waals surface area contributed by atoms with E-state index in [4.69, 9.17) is 5.73 Å². The molecule has 1 aliphatic rings. The summed E-state index contributed by atoms with van der Waals surface area (Å²) in [6.07, 6.45) is 4.83. The van der Waals surface area contributed by atoms with Crippen LogP contribution < -0.4 is 16.4 Å². The molecule has 0 saturated carbocycles. The molecule has 2 heterocycles. The summed E-state index contributed by atoms with van der Waals surface area (Å²) >= 11 is 0. The van der Waals surface area contributed by atoms with Crippen molar-refractivity contribution in [2.75, 3.05) is 18.4 Å². The summed E-state index contributed by atoms with van der Waals surface area (Å²) < 4.78 is 27.1. The van der Waals surface area contributed by atoms with Crippen LogP contribution in [0.1, 0.15) is 24.8 Å². The van der Waals surface area contributed by atoms with Gasteiger partial charge in [-0.2, -0.15) is 4.31 Å². The van der Waals surface area contributed by atoms with Crippen LogP contribution in [0.3, 0.4) is 0 Å². The summed E-state index contributed by atoms with van der Waals surface area (Å²) in [7, 11) is -3.62. The average Bonchev–Trinajstić information content (AvgIpc) is 2.73. The maximum atomic E-state index is 12.8. The summed E-state index contributed by atoms with van der Waals surface area (Å²) in [5, 5.41) is 5.38. The number of sulfonamides is 1. The van der Waals surface area contributed by atoms with Gasteiger partial charge < -0.3 is 16.4 Å². The van der Waals surface area contributed by atoms with E-state index in [1.807, 2.05) is 6.07 Å². The van der Waals surface area contributed by atoms with Gasteiger partial charge in [-0.3, -0.25) is 9.78 Å². The lowest BCUT2D eigenvalue weighted by molar-refractivity contribution is -0.119. The van der Waals surface area contributed by atoms with Crippen LogP contribution in [0.5, 0.6) is 0 Å². The maximum absolute atomic E-state index is 12.8. The van der Waals surface area contributed by atoms with Crippen LogP contribution >= 0.6 is 0 Å². The van der Waals surface area contributed by atoms with Crippen molar-refractivity contribution in [1.82, 2.24) is 14.6 Å². The molecule has 10 heteroatoms. The molecule has 0 bridgehead atoms. The Morgan fingerprint density at radius 2 is 1.83 bits per heavy atom. The van der Waals surface area contributed by atoms with Gasteiger partial charge in [-0.1, -0.05) is 6.07 Å². The Morgan fingerprint density at radius 3 is 2.43 bits per heavy atom. The monoisotopic (exact) mass is 431 g/mol. The lowest BCUT2D eigenvalue weighted by atomic mass is 9.94. The minimum Gasteiger partial charge on any atom is -0.370 e. The minimum atomic E-state index is -3.62. The first-order valence-electron chi connectivity index (χ1n) is 9.67. The number of primary amides is 1. The van der Waals surface area contributed by atoms with Gasteiger partial charge in [0.05, 0.1) is 4.90 Å². The van der Waals surface area contributed by atoms with Gasteiger partial charge in [0.15, 0.2) is 0 Å². The number of piperidine rings is 1. The summed E-state index contributed by atoms with van der Waals surface area (Å²) in [6, 6.07) is 9.29. The van der Waals surface area contributed by atoms with Gasteiger partial charge >= 0.3 is 6.03 Å². The fourth-order valence-electron chi connectivity index (χ4n) is 3.36. The van der Waals surface area contributed by atoms with Gasteiger partial charge in [0, 0.05) is 44.1 Å². The number of anilines is 1. The van der Waals surface area contributed by atoms with Crippen LogP contribution in [0.4, 0.5) is 10.5 Å². The van der Waals surface area contributed by atoms with E-state index in [0.29, 0.717) is 38.2 Å². The average molecular weight is 432 g/mol. The van der Waals surface area contributed by atoms with Gasteiger partial charge in [-0.05, 0) is 54.7 Å². The van der Waals surface area contributed by atoms with Crippen LogP contribution in [0.15, 0.2) is 53.7 Å². The van der Waals surface area contributed by atoms with Crippen molar-refractivity contribution in [1.29, 1.82) is 0 Å². The van der Waals surface area contributed by atoms with Crippen molar-refractivity contribution in [2.24, 2.45) is 11.7 Å². The molecule has 1 aromatic heterocycles. The number of rotatable bonds is 7. The number of hydrogen-bond donors (Lipinski definition) is 3. The largest absolute Gasteiger partial charge is 0.370 e. The highest BCUT2D eigenvalue weighted by Gasteiger charge is 2.29. The number of nitrogens with zero attached hydrogens (tertiary/aromatic N) is 2. The molecule has 3 rings (SSSR count). The maximum Gasteiger partial charge on any atom is 0.319 e. The summed E-state index contributed by atoms with van der Waals surface area (Å²) in [6.45, 7) is 1.05. The zero-order valence-corrected chi connectivity index (χ0v) is 17.3. The Kier molecular flexibility index (Phi) is 7.01. The molecule has 30 heavy (non-hydrogen) atoms. The molecular formula is C20H25N5O4S. The number of aromatic nitrogens is 1. The number of amides is 3. The number of hydrogen-bond acceptors (Lipinski definition) is 5. The minimum absolute atomic E-state index is 0.130. The van der Waals surface area contributed by atoms with E-state index >= 15 is 0 Å². The van der Waals surface area contributed by atoms with Crippen LogP contribution in [0.2, 0.25) is 0 Å². The third kappa shape index (κ3) is 5.77. The van der Waals surface area contributed by atoms with Crippen LogP contribution in [-0.4, -0.2) is 42.7 Å². The molecule has 4 N–H and O–H groups in total. The summed E-state index contributed by atoms with van der Waals surface area (Å²) in [4.78, 5) is 27.2. The number of benzene rings is 1. The second-order valence-electron chi connectivity index (χ2n) is 7.21. The lowest BCUT2D eigenvalue weighted by Gasteiger charge is -2.30. The highest BCUT2D eigenvalue weighted by atomic mass is 32.2. The van der Waals surface area contributed by atoms with E-state index in [-0.39, 0.29) is 23.1 Å². The molecule has 1 aromatic carbocycles. The molecule has 1 saturated heterocycles. The Hall–Kier alpha value is -2.98. The van der Waals surface area contributed by atoms with E-state index in [9.17, 15) is 18.0 Å². The Labute approximate surface area is 175 Å². The predicted molar refractivity (Wildman–Crippen MR) is 112 cm³/mol. The zero-order chi connectivity index (χ0) is 21.6. The van der Waals surface area contributed by atoms with Crippen molar-refractivity contribution in [3.8, 4) is 0 Å². The Morgan fingerprint density at radius 1 is 1.13 bits per heavy atom. The van der Waals surface area contributed by atoms with Gasteiger partial charge in [0.2, 0.25) is 15.9 Å². The third-order valence-electron chi connectivity index (χ3n) is 4.99. The van der Waals surface area contributed by atoms with Crippen molar-refractivity contribution in [3.05, 3.63) is 54.4 Å². The predicted octanol–water partition coefficient (Wildman–Crippen LogP) is 1.68. The number of pyridine rings is 1.